The number of likely N-dealkylation sites (N-methyl/N-ethyl adjacent to an activating group) is 1. The molecular formula is C15H24N4O3. The van der Waals surface area contributed by atoms with E-state index in [2.05, 4.69) is 10.3 Å². The van der Waals surface area contributed by atoms with Crippen LogP contribution in [0.3, 0.4) is 0 Å². The number of nitrogens with zero attached hydrogens (tertiary/aromatic N) is 2. The maximum atomic E-state index is 10.5. The lowest BCUT2D eigenvalue weighted by Crippen LogP contribution is -2.16. The lowest BCUT2D eigenvalue weighted by Gasteiger charge is -2.06. The van der Waals surface area contributed by atoms with Crippen molar-refractivity contribution >= 4 is 12.0 Å². The molecule has 7 heteroatoms. The molecule has 0 unspecified atom stereocenters. The molecule has 1 aromatic rings. The molecule has 0 radical (unpaired) electrons. The third-order valence-corrected chi connectivity index (χ3v) is 2.35. The number of carbonyl (C=O) groups excluding carboxylic acids is 1. The Hall–Kier alpha value is -2.17. The summed E-state index contributed by atoms with van der Waals surface area (Å²) in [7, 11) is 1.92. The molecule has 0 bridgehead atoms. The zero-order valence-corrected chi connectivity index (χ0v) is 13.5. The molecule has 122 valence electrons. The van der Waals surface area contributed by atoms with Crippen molar-refractivity contribution in [2.75, 3.05) is 32.5 Å². The number of hydrogen-bond acceptors (Lipinski definition) is 7. The molecule has 1 heterocycles. The zero-order valence-electron chi connectivity index (χ0n) is 13.5. The number of nitrogens with one attached hydrogen (secondary N) is 1. The van der Waals surface area contributed by atoms with E-state index in [1.54, 1.807) is 6.92 Å². The van der Waals surface area contributed by atoms with Crippen molar-refractivity contribution in [2.24, 2.45) is 0 Å². The molecule has 7 nitrogen and oxygen atoms in total. The second-order valence-corrected chi connectivity index (χ2v) is 4.50. The summed E-state index contributed by atoms with van der Waals surface area (Å²) in [5.74, 6) is 0.108. The van der Waals surface area contributed by atoms with Gasteiger partial charge in [-0.2, -0.15) is 5.26 Å². The highest BCUT2D eigenvalue weighted by Crippen LogP contribution is 2.21. The molecule has 3 N–H and O–H groups in total. The van der Waals surface area contributed by atoms with E-state index in [4.69, 9.17) is 20.5 Å². The molecule has 0 aliphatic rings. The van der Waals surface area contributed by atoms with Crippen LogP contribution in [0.2, 0.25) is 0 Å². The maximum Gasteiger partial charge on any atom is 0.234 e. The Bertz CT molecular complexity index is 498. The molecule has 1 rings (SSSR count). The van der Waals surface area contributed by atoms with Crippen LogP contribution in [0.1, 0.15) is 36.8 Å². The molecule has 0 aromatic carbocycles. The predicted molar refractivity (Wildman–Crippen MR) is 84.9 cm³/mol. The molecule has 1 aromatic heterocycles. The van der Waals surface area contributed by atoms with Crippen LogP contribution in [0, 0.1) is 11.3 Å². The number of carbonyl (C=O) groups is 1. The molecular weight excluding hydrogens is 284 g/mol. The van der Waals surface area contributed by atoms with Crippen molar-refractivity contribution in [1.29, 1.82) is 5.26 Å². The van der Waals surface area contributed by atoms with Gasteiger partial charge in [0.25, 0.3) is 0 Å². The summed E-state index contributed by atoms with van der Waals surface area (Å²) in [6, 6.07) is 3.21. The van der Waals surface area contributed by atoms with Crippen LogP contribution in [-0.4, -0.2) is 44.2 Å². The highest BCUT2D eigenvalue weighted by molar-refractivity contribution is 5.76. The van der Waals surface area contributed by atoms with E-state index < -0.39 is 0 Å². The summed E-state index contributed by atoms with van der Waals surface area (Å²) < 4.78 is 10.3. The second-order valence-electron chi connectivity index (χ2n) is 4.50. The third-order valence-electron chi connectivity index (χ3n) is 2.35. The molecule has 0 saturated carbocycles. The largest absolute Gasteiger partial charge is 0.477 e. The van der Waals surface area contributed by atoms with Gasteiger partial charge in [0.2, 0.25) is 5.88 Å². The van der Waals surface area contributed by atoms with Gasteiger partial charge in [-0.25, -0.2) is 4.98 Å². The van der Waals surface area contributed by atoms with Crippen LogP contribution < -0.4 is 15.8 Å². The fourth-order valence-corrected chi connectivity index (χ4v) is 1.37. The van der Waals surface area contributed by atoms with Gasteiger partial charge >= 0.3 is 0 Å². The average molecular weight is 308 g/mol. The van der Waals surface area contributed by atoms with Crippen molar-refractivity contribution in [3.63, 3.8) is 0 Å². The number of aldehydes is 1. The lowest BCUT2D eigenvalue weighted by atomic mass is 10.2. The molecule has 22 heavy (non-hydrogen) atoms. The Balaban J connectivity index is 0.000000472. The molecule has 0 aliphatic heterocycles. The smallest absolute Gasteiger partial charge is 0.234 e. The number of ether oxygens (including phenoxy) is 2. The Morgan fingerprint density at radius 2 is 2.23 bits per heavy atom. The first kappa shape index (κ1) is 19.8. The molecule has 0 spiro atoms. The number of aromatic nitrogens is 1. The van der Waals surface area contributed by atoms with Gasteiger partial charge in [-0.05, 0) is 33.9 Å². The van der Waals surface area contributed by atoms with Crippen molar-refractivity contribution in [3.05, 3.63) is 17.3 Å². The minimum atomic E-state index is 0.108. The fourth-order valence-electron chi connectivity index (χ4n) is 1.37. The van der Waals surface area contributed by atoms with Gasteiger partial charge in [-0.3, -0.25) is 4.79 Å². The van der Waals surface area contributed by atoms with Gasteiger partial charge in [0.05, 0.1) is 25.0 Å². The topological polar surface area (TPSA) is 110 Å². The van der Waals surface area contributed by atoms with Gasteiger partial charge in [0.1, 0.15) is 17.3 Å². The van der Waals surface area contributed by atoms with E-state index >= 15 is 0 Å². The second kappa shape index (κ2) is 11.5. The maximum absolute atomic E-state index is 10.5. The van der Waals surface area contributed by atoms with Gasteiger partial charge in [0.15, 0.2) is 6.29 Å². The van der Waals surface area contributed by atoms with Crippen LogP contribution >= 0.6 is 0 Å². The first-order chi connectivity index (χ1) is 10.5. The Morgan fingerprint density at radius 1 is 1.55 bits per heavy atom. The van der Waals surface area contributed by atoms with Gasteiger partial charge in [-0.1, -0.05) is 0 Å². The summed E-state index contributed by atoms with van der Waals surface area (Å²) in [6.45, 7) is 7.95. The number of nitrogen functional groups attached to an aromatic ring is 1. The normalized spacial score (nSPS) is 9.64. The van der Waals surface area contributed by atoms with Crippen molar-refractivity contribution in [1.82, 2.24) is 10.3 Å². The van der Waals surface area contributed by atoms with E-state index in [1.165, 1.54) is 6.07 Å². The SMILES string of the molecule is CCOc1nc(C=O)cc(N)c1C#N.CNCCOC(C)C. The van der Waals surface area contributed by atoms with E-state index in [1.807, 2.05) is 27.0 Å². The number of nitrogens with two attached hydrogens (primary N) is 1. The highest BCUT2D eigenvalue weighted by atomic mass is 16.5. The molecule has 0 saturated heterocycles. The van der Waals surface area contributed by atoms with Crippen LogP contribution in [0.25, 0.3) is 0 Å². The van der Waals surface area contributed by atoms with E-state index in [-0.39, 0.29) is 22.8 Å². The van der Waals surface area contributed by atoms with Crippen LogP contribution in [0.15, 0.2) is 6.07 Å². The van der Waals surface area contributed by atoms with Crippen LogP contribution in [0.4, 0.5) is 5.69 Å². The van der Waals surface area contributed by atoms with Crippen molar-refractivity contribution in [3.8, 4) is 11.9 Å². The number of rotatable bonds is 7. The van der Waals surface area contributed by atoms with Crippen LogP contribution in [-0.2, 0) is 4.74 Å². The van der Waals surface area contributed by atoms with Gasteiger partial charge < -0.3 is 20.5 Å². The number of hydrogen-bond donors (Lipinski definition) is 2. The predicted octanol–water partition coefficient (Wildman–Crippen LogP) is 1.38. The van der Waals surface area contributed by atoms with E-state index in [0.717, 1.165) is 13.2 Å². The van der Waals surface area contributed by atoms with Gasteiger partial charge in [0, 0.05) is 6.54 Å². The standard InChI is InChI=1S/C9H9N3O2.C6H15NO/c1-2-14-9-7(4-10)8(11)3-6(5-13)12-9;1-6(2)8-5-4-7-3/h3,5H,2H2,1H3,(H2,11,12);6-7H,4-5H2,1-3H3. The highest BCUT2D eigenvalue weighted by Gasteiger charge is 2.10. The quantitative estimate of drug-likeness (QED) is 0.578. The average Bonchev–Trinajstić information content (AvgIpc) is 2.48. The fraction of sp³-hybridized carbons (Fsp3) is 0.533. The first-order valence-electron chi connectivity index (χ1n) is 7.04. The third kappa shape index (κ3) is 7.57. The van der Waals surface area contributed by atoms with E-state index in [0.29, 0.717) is 19.0 Å². The monoisotopic (exact) mass is 308 g/mol. The Morgan fingerprint density at radius 3 is 2.68 bits per heavy atom. The molecule has 0 amide bonds. The minimum absolute atomic E-state index is 0.108. The Kier molecular flexibility index (Phi) is 10.4. The molecule has 0 aliphatic carbocycles. The summed E-state index contributed by atoms with van der Waals surface area (Å²) in [5, 5.41) is 11.7. The minimum Gasteiger partial charge on any atom is -0.477 e. The summed E-state index contributed by atoms with van der Waals surface area (Å²) in [4.78, 5) is 14.3. The molecule has 0 fully saturated rings. The Labute approximate surface area is 131 Å². The van der Waals surface area contributed by atoms with Crippen molar-refractivity contribution in [2.45, 2.75) is 26.9 Å². The summed E-state index contributed by atoms with van der Waals surface area (Å²) in [6.07, 6.45) is 0.920. The van der Waals surface area contributed by atoms with E-state index in [9.17, 15) is 4.79 Å². The number of anilines is 1. The van der Waals surface area contributed by atoms with Crippen LogP contribution in [0.5, 0.6) is 5.88 Å². The van der Waals surface area contributed by atoms with Crippen molar-refractivity contribution < 1.29 is 14.3 Å². The zero-order chi connectivity index (χ0) is 17.0. The number of pyridine rings is 1. The van der Waals surface area contributed by atoms with Gasteiger partial charge in [-0.15, -0.1) is 0 Å². The molecule has 0 atom stereocenters. The summed E-state index contributed by atoms with van der Waals surface area (Å²) >= 11 is 0. The lowest BCUT2D eigenvalue weighted by molar-refractivity contribution is 0.0818. The summed E-state index contributed by atoms with van der Waals surface area (Å²) in [5.41, 5.74) is 6.06. The first-order valence-corrected chi connectivity index (χ1v) is 7.04. The number of nitriles is 1.